The van der Waals surface area contributed by atoms with Gasteiger partial charge in [0.2, 0.25) is 0 Å². The number of Topliss-reactive ketones (excluding diaryl/α,β-unsaturated/α-hetero) is 1. The van der Waals surface area contributed by atoms with E-state index in [9.17, 15) is 4.79 Å². The van der Waals surface area contributed by atoms with Crippen molar-refractivity contribution < 1.29 is 14.1 Å². The minimum atomic E-state index is -0.160. The molecule has 0 saturated carbocycles. The maximum Gasteiger partial charge on any atom is 0.259 e. The molecule has 0 radical (unpaired) electrons. The lowest BCUT2D eigenvalue weighted by atomic mass is 9.69. The number of nitrogens with zero attached hydrogens (tertiary/aromatic N) is 1. The Bertz CT molecular complexity index is 846. The summed E-state index contributed by atoms with van der Waals surface area (Å²) in [7, 11) is 0. The van der Waals surface area contributed by atoms with Gasteiger partial charge in [0.25, 0.3) is 5.84 Å². The fourth-order valence-corrected chi connectivity index (χ4v) is 4.13. The maximum absolute atomic E-state index is 11.5. The van der Waals surface area contributed by atoms with Gasteiger partial charge in [0.1, 0.15) is 17.6 Å². The molecule has 2 N–H and O–H groups in total. The van der Waals surface area contributed by atoms with E-state index >= 15 is 0 Å². The van der Waals surface area contributed by atoms with Crippen LogP contribution in [-0.2, 0) is 16.7 Å². The molecule has 2 aromatic carbocycles. The van der Waals surface area contributed by atoms with Crippen molar-refractivity contribution in [3.63, 3.8) is 0 Å². The van der Waals surface area contributed by atoms with E-state index in [1.165, 1.54) is 11.1 Å². The van der Waals surface area contributed by atoms with Gasteiger partial charge in [-0.15, -0.1) is 0 Å². The fraction of sp³-hybridized carbons (Fsp3) is 0.333. The van der Waals surface area contributed by atoms with Gasteiger partial charge in [0, 0.05) is 18.8 Å². The van der Waals surface area contributed by atoms with Crippen molar-refractivity contribution in [2.24, 2.45) is 5.73 Å². The number of benzene rings is 2. The largest absolute Gasteiger partial charge is 0.381 e. The van der Waals surface area contributed by atoms with E-state index in [1.807, 2.05) is 24.3 Å². The van der Waals surface area contributed by atoms with Crippen LogP contribution in [-0.4, -0.2) is 29.4 Å². The Hall–Kier alpha value is -2.46. The van der Waals surface area contributed by atoms with Crippen LogP contribution in [0.2, 0.25) is 0 Å². The number of ketones is 1. The summed E-state index contributed by atoms with van der Waals surface area (Å²) in [5.74, 6) is 0.971. The summed E-state index contributed by atoms with van der Waals surface area (Å²) < 4.78 is 7.81. The van der Waals surface area contributed by atoms with Crippen LogP contribution in [0, 0.1) is 0 Å². The molecule has 1 saturated heterocycles. The van der Waals surface area contributed by atoms with Crippen molar-refractivity contribution >= 4 is 17.3 Å². The molecular weight excluding hydrogens is 312 g/mol. The van der Waals surface area contributed by atoms with Crippen LogP contribution in [0.3, 0.4) is 0 Å². The normalized spacial score (nSPS) is 18.9. The van der Waals surface area contributed by atoms with Gasteiger partial charge in [-0.3, -0.25) is 10.5 Å². The summed E-state index contributed by atoms with van der Waals surface area (Å²) >= 11 is 0. The Kier molecular flexibility index (Phi) is 3.92. The van der Waals surface area contributed by atoms with Gasteiger partial charge < -0.3 is 4.74 Å². The van der Waals surface area contributed by atoms with Crippen LogP contribution >= 0.6 is 0 Å². The molecule has 4 nitrogen and oxygen atoms in total. The standard InChI is InChI=1S/C21H22N2O2/c1-15(24)16-6-8-18(9-7-16)23-14-17-4-2-3-5-19(17)21(20(23)22)10-12-25-13-11-21/h2-9,22H,10-14H2,1H3/p+1. The minimum absolute atomic E-state index is 0.0772. The lowest BCUT2D eigenvalue weighted by molar-refractivity contribution is -0.465. The van der Waals surface area contributed by atoms with E-state index in [1.54, 1.807) is 6.92 Å². The molecule has 0 unspecified atom stereocenters. The molecule has 2 aliphatic heterocycles. The third-order valence-corrected chi connectivity index (χ3v) is 5.57. The molecule has 25 heavy (non-hydrogen) atoms. The number of amidine groups is 1. The molecule has 0 amide bonds. The van der Waals surface area contributed by atoms with Crippen LogP contribution in [0.25, 0.3) is 0 Å². The first-order valence-corrected chi connectivity index (χ1v) is 8.79. The summed E-state index contributed by atoms with van der Waals surface area (Å²) in [6, 6.07) is 16.3. The first kappa shape index (κ1) is 16.0. The molecule has 0 aromatic heterocycles. The Morgan fingerprint density at radius 1 is 1.08 bits per heavy atom. The van der Waals surface area contributed by atoms with Gasteiger partial charge >= 0.3 is 0 Å². The Labute approximate surface area is 147 Å². The predicted octanol–water partition coefficient (Wildman–Crippen LogP) is 3.15. The van der Waals surface area contributed by atoms with E-state index in [4.69, 9.17) is 10.5 Å². The highest BCUT2D eigenvalue weighted by Gasteiger charge is 2.47. The average molecular weight is 335 g/mol. The van der Waals surface area contributed by atoms with Crippen LogP contribution in [0.15, 0.2) is 48.5 Å². The van der Waals surface area contributed by atoms with Gasteiger partial charge in [-0.2, -0.15) is 0 Å². The number of fused-ring (bicyclic) bond motifs is 2. The molecule has 2 aromatic rings. The second kappa shape index (κ2) is 6.12. The zero-order chi connectivity index (χ0) is 17.4. The summed E-state index contributed by atoms with van der Waals surface area (Å²) in [4.78, 5) is 11.5. The van der Waals surface area contributed by atoms with Gasteiger partial charge in [-0.1, -0.05) is 24.3 Å². The molecule has 2 aliphatic rings. The van der Waals surface area contributed by atoms with Crippen LogP contribution < -0.4 is 5.73 Å². The van der Waals surface area contributed by atoms with Crippen molar-refractivity contribution in [1.29, 1.82) is 0 Å². The van der Waals surface area contributed by atoms with Gasteiger partial charge in [0.05, 0.1) is 0 Å². The number of hydrogen-bond donors (Lipinski definition) is 1. The third kappa shape index (κ3) is 2.57. The highest BCUT2D eigenvalue weighted by atomic mass is 16.5. The summed E-state index contributed by atoms with van der Waals surface area (Å²) in [5, 5.41) is 0. The molecule has 1 spiro atoms. The Morgan fingerprint density at radius 3 is 2.44 bits per heavy atom. The smallest absolute Gasteiger partial charge is 0.259 e. The minimum Gasteiger partial charge on any atom is -0.381 e. The second-order valence-corrected chi connectivity index (χ2v) is 6.93. The van der Waals surface area contributed by atoms with E-state index in [0.717, 1.165) is 49.7 Å². The second-order valence-electron chi connectivity index (χ2n) is 6.93. The fourth-order valence-electron chi connectivity index (χ4n) is 4.13. The number of nitrogens with two attached hydrogens (primary N) is 1. The molecule has 0 bridgehead atoms. The van der Waals surface area contributed by atoms with Crippen molar-refractivity contribution in [2.75, 3.05) is 13.2 Å². The van der Waals surface area contributed by atoms with E-state index < -0.39 is 0 Å². The zero-order valence-electron chi connectivity index (χ0n) is 14.5. The lowest BCUT2D eigenvalue weighted by Crippen LogP contribution is -2.52. The van der Waals surface area contributed by atoms with Crippen molar-refractivity contribution in [3.05, 3.63) is 65.2 Å². The highest BCUT2D eigenvalue weighted by Crippen LogP contribution is 2.41. The molecule has 1 fully saturated rings. The zero-order valence-corrected chi connectivity index (χ0v) is 14.5. The van der Waals surface area contributed by atoms with Crippen LogP contribution in [0.5, 0.6) is 0 Å². The summed E-state index contributed by atoms with van der Waals surface area (Å²) in [5.41, 5.74) is 11.0. The third-order valence-electron chi connectivity index (χ3n) is 5.57. The van der Waals surface area contributed by atoms with E-state index in [2.05, 4.69) is 28.8 Å². The van der Waals surface area contributed by atoms with E-state index in [-0.39, 0.29) is 11.2 Å². The van der Waals surface area contributed by atoms with Crippen molar-refractivity contribution in [3.8, 4) is 0 Å². The number of hydrogen-bond acceptors (Lipinski definition) is 3. The van der Waals surface area contributed by atoms with Gasteiger partial charge in [-0.05, 0) is 55.2 Å². The maximum atomic E-state index is 11.5. The van der Waals surface area contributed by atoms with Crippen molar-refractivity contribution in [2.45, 2.75) is 31.7 Å². The molecular formula is C21H23N2O2+. The predicted molar refractivity (Wildman–Crippen MR) is 97.4 cm³/mol. The summed E-state index contributed by atoms with van der Waals surface area (Å²) in [6.45, 7) is 3.80. The molecule has 128 valence electrons. The number of rotatable bonds is 2. The van der Waals surface area contributed by atoms with Crippen LogP contribution in [0.4, 0.5) is 5.69 Å². The average Bonchev–Trinajstić information content (AvgIpc) is 2.66. The monoisotopic (exact) mass is 335 g/mol. The molecule has 0 atom stereocenters. The SMILES string of the molecule is CC(=O)c1ccc([N+]2=C(N)C3(CCOCC3)c3ccccc3C2)cc1. The molecule has 4 rings (SSSR count). The summed E-state index contributed by atoms with van der Waals surface area (Å²) in [6.07, 6.45) is 1.80. The van der Waals surface area contributed by atoms with Crippen molar-refractivity contribution in [1.82, 2.24) is 0 Å². The lowest BCUT2D eigenvalue weighted by Gasteiger charge is -2.39. The van der Waals surface area contributed by atoms with Crippen LogP contribution in [0.1, 0.15) is 41.3 Å². The Balaban J connectivity index is 1.84. The Morgan fingerprint density at radius 2 is 1.76 bits per heavy atom. The topological polar surface area (TPSA) is 55.3 Å². The quantitative estimate of drug-likeness (QED) is 0.677. The van der Waals surface area contributed by atoms with E-state index in [0.29, 0.717) is 0 Å². The first-order chi connectivity index (χ1) is 12.1. The molecule has 0 aliphatic carbocycles. The number of ether oxygens (including phenoxy) is 1. The highest BCUT2D eigenvalue weighted by molar-refractivity contribution is 5.94. The first-order valence-electron chi connectivity index (χ1n) is 8.79. The number of carbonyl (C=O) groups is 1. The number of carbonyl (C=O) groups excluding carboxylic acids is 1. The molecule has 4 heteroatoms. The van der Waals surface area contributed by atoms with Gasteiger partial charge in [-0.25, -0.2) is 4.58 Å². The molecule has 2 heterocycles. The van der Waals surface area contributed by atoms with Gasteiger partial charge in [0.15, 0.2) is 5.78 Å².